The molecule has 0 amide bonds. The van der Waals surface area contributed by atoms with E-state index in [9.17, 15) is 10.1 Å². The average molecular weight is 293 g/mol. The van der Waals surface area contributed by atoms with Crippen LogP contribution < -0.4 is 0 Å². The highest BCUT2D eigenvalue weighted by Gasteiger charge is 2.16. The van der Waals surface area contributed by atoms with Crippen LogP contribution in [-0.2, 0) is 4.74 Å². The molecule has 0 bridgehead atoms. The molecule has 0 radical (unpaired) electrons. The van der Waals surface area contributed by atoms with Crippen molar-refractivity contribution >= 4 is 17.4 Å². The predicted molar refractivity (Wildman–Crippen MR) is 75.8 cm³/mol. The van der Waals surface area contributed by atoms with E-state index in [0.717, 1.165) is 38.6 Å². The average Bonchev–Trinajstić information content (AvgIpc) is 2.48. The normalized spacial score (nSPS) is 15.8. The van der Waals surface area contributed by atoms with Crippen LogP contribution in [-0.4, -0.2) is 48.4 Å². The summed E-state index contributed by atoms with van der Waals surface area (Å²) < 4.78 is 5.27. The summed E-state index contributed by atoms with van der Waals surface area (Å²) in [5, 5.41) is 19.8. The van der Waals surface area contributed by atoms with Crippen molar-refractivity contribution in [3.8, 4) is 6.07 Å². The number of morpholine rings is 1. The Balaban J connectivity index is 1.94. The van der Waals surface area contributed by atoms with E-state index >= 15 is 0 Å². The third kappa shape index (κ3) is 3.93. The van der Waals surface area contributed by atoms with E-state index in [-0.39, 0.29) is 5.69 Å². The van der Waals surface area contributed by atoms with Crippen LogP contribution in [0.3, 0.4) is 0 Å². The first-order chi connectivity index (χ1) is 9.70. The van der Waals surface area contributed by atoms with Gasteiger partial charge in [-0.05, 0) is 12.1 Å². The Hall–Kier alpha value is -1.62. The van der Waals surface area contributed by atoms with Crippen molar-refractivity contribution in [2.24, 2.45) is 0 Å². The second-order valence-electron chi connectivity index (χ2n) is 4.35. The minimum Gasteiger partial charge on any atom is -0.379 e. The van der Waals surface area contributed by atoms with Gasteiger partial charge in [-0.2, -0.15) is 5.26 Å². The Labute approximate surface area is 121 Å². The van der Waals surface area contributed by atoms with Gasteiger partial charge in [0, 0.05) is 31.5 Å². The molecule has 7 heteroatoms. The summed E-state index contributed by atoms with van der Waals surface area (Å²) in [5.74, 6) is 0.784. The Kier molecular flexibility index (Phi) is 5.35. The maximum absolute atomic E-state index is 11.0. The van der Waals surface area contributed by atoms with Crippen LogP contribution in [0.15, 0.2) is 23.1 Å². The Morgan fingerprint density at radius 2 is 2.20 bits per heavy atom. The van der Waals surface area contributed by atoms with Crippen molar-refractivity contribution in [2.45, 2.75) is 4.90 Å². The van der Waals surface area contributed by atoms with Gasteiger partial charge in [0.05, 0.1) is 34.7 Å². The van der Waals surface area contributed by atoms with E-state index in [2.05, 4.69) is 4.90 Å². The summed E-state index contributed by atoms with van der Waals surface area (Å²) in [5.41, 5.74) is 0.324. The van der Waals surface area contributed by atoms with Crippen molar-refractivity contribution in [3.05, 3.63) is 33.9 Å². The van der Waals surface area contributed by atoms with Gasteiger partial charge in [-0.25, -0.2) is 0 Å². The zero-order valence-corrected chi connectivity index (χ0v) is 11.8. The van der Waals surface area contributed by atoms with Gasteiger partial charge < -0.3 is 4.74 Å². The Morgan fingerprint density at radius 1 is 1.45 bits per heavy atom. The maximum atomic E-state index is 11.0. The molecule has 0 aromatic heterocycles. The molecule has 1 fully saturated rings. The number of benzene rings is 1. The molecule has 0 N–H and O–H groups in total. The third-order valence-corrected chi connectivity index (χ3v) is 4.10. The number of thioether (sulfide) groups is 1. The number of nitro benzene ring substituents is 1. The summed E-state index contributed by atoms with van der Waals surface area (Å²) >= 11 is 1.45. The van der Waals surface area contributed by atoms with E-state index in [0.29, 0.717) is 10.5 Å². The quantitative estimate of drug-likeness (QED) is 0.468. The molecule has 20 heavy (non-hydrogen) atoms. The van der Waals surface area contributed by atoms with Crippen LogP contribution >= 0.6 is 11.8 Å². The van der Waals surface area contributed by atoms with Crippen molar-refractivity contribution < 1.29 is 9.66 Å². The topological polar surface area (TPSA) is 79.4 Å². The molecule has 6 nitrogen and oxygen atoms in total. The van der Waals surface area contributed by atoms with Crippen molar-refractivity contribution in [3.63, 3.8) is 0 Å². The second kappa shape index (κ2) is 7.24. The van der Waals surface area contributed by atoms with Crippen molar-refractivity contribution in [1.29, 1.82) is 5.26 Å². The maximum Gasteiger partial charge on any atom is 0.284 e. The summed E-state index contributed by atoms with van der Waals surface area (Å²) in [4.78, 5) is 13.5. The van der Waals surface area contributed by atoms with E-state index in [1.54, 1.807) is 12.1 Å². The molecular formula is C13H15N3O3S. The van der Waals surface area contributed by atoms with Gasteiger partial charge in [-0.3, -0.25) is 15.0 Å². The van der Waals surface area contributed by atoms with Crippen molar-refractivity contribution in [2.75, 3.05) is 38.6 Å². The monoisotopic (exact) mass is 293 g/mol. The lowest BCUT2D eigenvalue weighted by Gasteiger charge is -2.26. The fraction of sp³-hybridized carbons (Fsp3) is 0.462. The highest BCUT2D eigenvalue weighted by Crippen LogP contribution is 2.29. The standard InChI is InChI=1S/C13H15N3O3S/c14-10-11-1-2-13(12(9-11)16(17)18)20-8-5-15-3-6-19-7-4-15/h1-2,9H,3-8H2. The summed E-state index contributed by atoms with van der Waals surface area (Å²) in [6.07, 6.45) is 0. The van der Waals surface area contributed by atoms with Gasteiger partial charge in [-0.15, -0.1) is 11.8 Å². The minimum atomic E-state index is -0.433. The van der Waals surface area contributed by atoms with Crippen LogP contribution in [0.25, 0.3) is 0 Å². The van der Waals surface area contributed by atoms with Gasteiger partial charge in [0.25, 0.3) is 5.69 Å². The summed E-state index contributed by atoms with van der Waals surface area (Å²) in [6.45, 7) is 4.21. The lowest BCUT2D eigenvalue weighted by molar-refractivity contribution is -0.387. The van der Waals surface area contributed by atoms with Crippen LogP contribution in [0.1, 0.15) is 5.56 Å². The number of nitriles is 1. The van der Waals surface area contributed by atoms with E-state index < -0.39 is 4.92 Å². The molecule has 1 aromatic carbocycles. The molecular weight excluding hydrogens is 278 g/mol. The highest BCUT2D eigenvalue weighted by atomic mass is 32.2. The number of nitrogens with zero attached hydrogens (tertiary/aromatic N) is 3. The van der Waals surface area contributed by atoms with Crippen LogP contribution in [0.5, 0.6) is 0 Å². The molecule has 1 aliphatic heterocycles. The molecule has 1 aliphatic rings. The van der Waals surface area contributed by atoms with Gasteiger partial charge >= 0.3 is 0 Å². The molecule has 106 valence electrons. The lowest BCUT2D eigenvalue weighted by atomic mass is 10.2. The van der Waals surface area contributed by atoms with E-state index in [1.807, 2.05) is 6.07 Å². The molecule has 0 unspecified atom stereocenters. The first kappa shape index (κ1) is 14.8. The van der Waals surface area contributed by atoms with Gasteiger partial charge in [0.2, 0.25) is 0 Å². The Bertz CT molecular complexity index is 524. The second-order valence-corrected chi connectivity index (χ2v) is 5.49. The van der Waals surface area contributed by atoms with Gasteiger partial charge in [0.15, 0.2) is 0 Å². The molecule has 0 spiro atoms. The number of hydrogen-bond acceptors (Lipinski definition) is 6. The number of hydrogen-bond donors (Lipinski definition) is 0. The van der Waals surface area contributed by atoms with Crippen LogP contribution in [0.4, 0.5) is 5.69 Å². The van der Waals surface area contributed by atoms with Gasteiger partial charge in [0.1, 0.15) is 0 Å². The van der Waals surface area contributed by atoms with E-state index in [4.69, 9.17) is 10.00 Å². The smallest absolute Gasteiger partial charge is 0.284 e. The fourth-order valence-electron chi connectivity index (χ4n) is 1.96. The molecule has 0 atom stereocenters. The van der Waals surface area contributed by atoms with Crippen LogP contribution in [0.2, 0.25) is 0 Å². The molecule has 0 aliphatic carbocycles. The number of ether oxygens (including phenoxy) is 1. The number of rotatable bonds is 5. The van der Waals surface area contributed by atoms with Crippen molar-refractivity contribution in [1.82, 2.24) is 4.90 Å². The molecule has 1 aromatic rings. The molecule has 2 rings (SSSR count). The van der Waals surface area contributed by atoms with Crippen LogP contribution in [0, 0.1) is 21.4 Å². The summed E-state index contributed by atoms with van der Waals surface area (Å²) in [7, 11) is 0. The van der Waals surface area contributed by atoms with Gasteiger partial charge in [-0.1, -0.05) is 0 Å². The predicted octanol–water partition coefficient (Wildman–Crippen LogP) is 1.89. The lowest BCUT2D eigenvalue weighted by Crippen LogP contribution is -2.37. The fourth-order valence-corrected chi connectivity index (χ4v) is 2.98. The zero-order valence-electron chi connectivity index (χ0n) is 10.9. The minimum absolute atomic E-state index is 0.0102. The number of nitro groups is 1. The first-order valence-electron chi connectivity index (χ1n) is 6.32. The first-order valence-corrected chi connectivity index (χ1v) is 7.30. The zero-order chi connectivity index (χ0) is 14.4. The summed E-state index contributed by atoms with van der Waals surface area (Å²) in [6, 6.07) is 6.52. The SMILES string of the molecule is N#Cc1ccc(SCCN2CCOCC2)c([N+](=O)[O-])c1. The van der Waals surface area contributed by atoms with E-state index in [1.165, 1.54) is 17.8 Å². The highest BCUT2D eigenvalue weighted by molar-refractivity contribution is 7.99. The molecule has 1 saturated heterocycles. The molecule has 0 saturated carbocycles. The molecule has 1 heterocycles. The Morgan fingerprint density at radius 3 is 2.85 bits per heavy atom. The third-order valence-electron chi connectivity index (χ3n) is 3.05. The largest absolute Gasteiger partial charge is 0.379 e.